The van der Waals surface area contributed by atoms with E-state index in [1.807, 2.05) is 6.07 Å². The molecule has 0 bridgehead atoms. The first kappa shape index (κ1) is 12.3. The van der Waals surface area contributed by atoms with Crippen molar-refractivity contribution >= 4 is 0 Å². The molecule has 0 aliphatic rings. The minimum Gasteiger partial charge on any atom is -0.269 e. The Labute approximate surface area is 93.7 Å². The molecule has 85 valence electrons. The Balaban J connectivity index is 2.32. The van der Waals surface area contributed by atoms with Crippen molar-refractivity contribution in [1.29, 1.82) is 0 Å². The van der Waals surface area contributed by atoms with Crippen LogP contribution < -0.4 is 0 Å². The van der Waals surface area contributed by atoms with Crippen LogP contribution in [0.25, 0.3) is 0 Å². The van der Waals surface area contributed by atoms with Gasteiger partial charge in [0.1, 0.15) is 6.20 Å². The summed E-state index contributed by atoms with van der Waals surface area (Å²) in [7, 11) is 0. The predicted molar refractivity (Wildman–Crippen MR) is 63.8 cm³/mol. The third-order valence-electron chi connectivity index (χ3n) is 2.75. The van der Waals surface area contributed by atoms with Crippen LogP contribution in [0, 0.1) is 6.20 Å². The fourth-order valence-corrected chi connectivity index (χ4v) is 1.77. The Kier molecular flexibility index (Phi) is 6.14. The van der Waals surface area contributed by atoms with Gasteiger partial charge in [-0.1, -0.05) is 39.5 Å². The van der Waals surface area contributed by atoms with Crippen LogP contribution in [-0.4, -0.2) is 9.78 Å². The molecule has 0 unspecified atom stereocenters. The average molecular weight is 207 g/mol. The number of aryl methyl sites for hydroxylation is 2. The highest BCUT2D eigenvalue weighted by molar-refractivity contribution is 4.99. The van der Waals surface area contributed by atoms with Gasteiger partial charge < -0.3 is 0 Å². The first-order chi connectivity index (χ1) is 7.38. The van der Waals surface area contributed by atoms with E-state index in [0.29, 0.717) is 0 Å². The van der Waals surface area contributed by atoms with E-state index in [0.717, 1.165) is 13.0 Å². The van der Waals surface area contributed by atoms with Crippen LogP contribution in [0.4, 0.5) is 0 Å². The van der Waals surface area contributed by atoms with Crippen molar-refractivity contribution in [2.24, 2.45) is 0 Å². The second kappa shape index (κ2) is 7.49. The maximum atomic E-state index is 4.26. The van der Waals surface area contributed by atoms with E-state index in [1.165, 1.54) is 44.2 Å². The summed E-state index contributed by atoms with van der Waals surface area (Å²) in [5.74, 6) is 0. The number of hydrogen-bond donors (Lipinski definition) is 0. The zero-order chi connectivity index (χ0) is 10.9. The lowest BCUT2D eigenvalue weighted by atomic mass is 10.1. The van der Waals surface area contributed by atoms with Crippen LogP contribution in [0.1, 0.15) is 58.1 Å². The van der Waals surface area contributed by atoms with Crippen molar-refractivity contribution in [3.63, 3.8) is 0 Å². The first-order valence-electron chi connectivity index (χ1n) is 6.31. The number of unbranched alkanes of at least 4 members (excludes halogenated alkanes) is 4. The normalized spacial score (nSPS) is 10.8. The van der Waals surface area contributed by atoms with Gasteiger partial charge in [0.25, 0.3) is 0 Å². The van der Waals surface area contributed by atoms with E-state index in [2.05, 4.69) is 29.8 Å². The molecule has 0 aliphatic heterocycles. The number of hydrogen-bond acceptors (Lipinski definition) is 1. The SMILES string of the molecule is CCCCCc1c[c]nn1CCCCC. The molecule has 0 fully saturated rings. The zero-order valence-electron chi connectivity index (χ0n) is 10.1. The molecule has 0 atom stereocenters. The van der Waals surface area contributed by atoms with E-state index in [1.54, 1.807) is 0 Å². The van der Waals surface area contributed by atoms with Gasteiger partial charge in [0.15, 0.2) is 0 Å². The summed E-state index contributed by atoms with van der Waals surface area (Å²) in [4.78, 5) is 0. The van der Waals surface area contributed by atoms with Crippen molar-refractivity contribution < 1.29 is 0 Å². The Hall–Kier alpha value is -0.790. The summed E-state index contributed by atoms with van der Waals surface area (Å²) < 4.78 is 2.13. The molecule has 1 aromatic heterocycles. The van der Waals surface area contributed by atoms with Gasteiger partial charge in [-0.2, -0.15) is 5.10 Å². The number of aromatic nitrogens is 2. The van der Waals surface area contributed by atoms with Gasteiger partial charge in [0, 0.05) is 12.2 Å². The van der Waals surface area contributed by atoms with Crippen molar-refractivity contribution in [3.8, 4) is 0 Å². The quantitative estimate of drug-likeness (QED) is 0.595. The van der Waals surface area contributed by atoms with E-state index in [9.17, 15) is 0 Å². The van der Waals surface area contributed by atoms with E-state index in [-0.39, 0.29) is 0 Å². The molecule has 1 aromatic rings. The molecule has 1 rings (SSSR count). The molecule has 2 heteroatoms. The zero-order valence-corrected chi connectivity index (χ0v) is 10.1. The summed E-state index contributed by atoms with van der Waals surface area (Å²) in [5, 5.41) is 4.26. The maximum Gasteiger partial charge on any atom is 0.113 e. The minimum atomic E-state index is 1.07. The molecule has 15 heavy (non-hydrogen) atoms. The molecule has 0 aliphatic carbocycles. The molecule has 0 saturated carbocycles. The van der Waals surface area contributed by atoms with Crippen LogP contribution in [-0.2, 0) is 13.0 Å². The van der Waals surface area contributed by atoms with Gasteiger partial charge in [-0.15, -0.1) is 0 Å². The highest BCUT2D eigenvalue weighted by Crippen LogP contribution is 2.07. The van der Waals surface area contributed by atoms with Gasteiger partial charge >= 0.3 is 0 Å². The van der Waals surface area contributed by atoms with Crippen LogP contribution in [0.5, 0.6) is 0 Å². The fourth-order valence-electron chi connectivity index (χ4n) is 1.77. The standard InChI is InChI=1S/C13H23N2/c1-3-5-7-9-13-10-11-14-15(13)12-8-6-4-2/h10H,3-9,12H2,1-2H3. The van der Waals surface area contributed by atoms with Crippen molar-refractivity contribution in [2.45, 2.75) is 65.3 Å². The second-order valence-electron chi connectivity index (χ2n) is 4.15. The Bertz CT molecular complexity index is 228. The third kappa shape index (κ3) is 4.50. The van der Waals surface area contributed by atoms with Crippen LogP contribution in [0.15, 0.2) is 6.07 Å². The molecule has 1 radical (unpaired) electrons. The molecule has 0 amide bonds. The lowest BCUT2D eigenvalue weighted by Gasteiger charge is -2.06. The average Bonchev–Trinajstić information content (AvgIpc) is 2.67. The van der Waals surface area contributed by atoms with Crippen molar-refractivity contribution in [3.05, 3.63) is 18.0 Å². The maximum absolute atomic E-state index is 4.26. The minimum absolute atomic E-state index is 1.07. The largest absolute Gasteiger partial charge is 0.269 e. The Morgan fingerprint density at radius 3 is 2.60 bits per heavy atom. The van der Waals surface area contributed by atoms with E-state index < -0.39 is 0 Å². The molecule has 0 spiro atoms. The monoisotopic (exact) mass is 207 g/mol. The molecule has 0 aromatic carbocycles. The fraction of sp³-hybridized carbons (Fsp3) is 0.769. The van der Waals surface area contributed by atoms with Crippen LogP contribution >= 0.6 is 0 Å². The molecule has 0 N–H and O–H groups in total. The second-order valence-corrected chi connectivity index (χ2v) is 4.15. The van der Waals surface area contributed by atoms with Gasteiger partial charge in [-0.3, -0.25) is 4.68 Å². The van der Waals surface area contributed by atoms with Gasteiger partial charge in [0.05, 0.1) is 0 Å². The predicted octanol–water partition coefficient (Wildman–Crippen LogP) is 3.61. The number of nitrogens with zero attached hydrogens (tertiary/aromatic N) is 2. The molecular weight excluding hydrogens is 184 g/mol. The highest BCUT2D eigenvalue weighted by atomic mass is 15.3. The first-order valence-corrected chi connectivity index (χ1v) is 6.31. The Morgan fingerprint density at radius 2 is 1.87 bits per heavy atom. The molecule has 0 saturated heterocycles. The van der Waals surface area contributed by atoms with Gasteiger partial charge in [-0.05, 0) is 25.3 Å². The summed E-state index contributed by atoms with van der Waals surface area (Å²) in [6, 6.07) is 2.04. The lowest BCUT2D eigenvalue weighted by Crippen LogP contribution is -2.05. The topological polar surface area (TPSA) is 17.8 Å². The molecular formula is C13H23N2. The molecule has 1 heterocycles. The van der Waals surface area contributed by atoms with Crippen LogP contribution in [0.2, 0.25) is 0 Å². The third-order valence-corrected chi connectivity index (χ3v) is 2.75. The summed E-state index contributed by atoms with van der Waals surface area (Å²) in [6.45, 7) is 5.54. The smallest absolute Gasteiger partial charge is 0.113 e. The van der Waals surface area contributed by atoms with Crippen LogP contribution in [0.3, 0.4) is 0 Å². The van der Waals surface area contributed by atoms with Crippen molar-refractivity contribution in [1.82, 2.24) is 9.78 Å². The lowest BCUT2D eigenvalue weighted by molar-refractivity contribution is 0.526. The van der Waals surface area contributed by atoms with Crippen molar-refractivity contribution in [2.75, 3.05) is 0 Å². The van der Waals surface area contributed by atoms with Gasteiger partial charge in [-0.25, -0.2) is 0 Å². The highest BCUT2D eigenvalue weighted by Gasteiger charge is 2.01. The van der Waals surface area contributed by atoms with E-state index >= 15 is 0 Å². The summed E-state index contributed by atoms with van der Waals surface area (Å²) in [5.41, 5.74) is 1.36. The summed E-state index contributed by atoms with van der Waals surface area (Å²) >= 11 is 0. The van der Waals surface area contributed by atoms with E-state index in [4.69, 9.17) is 0 Å². The number of rotatable bonds is 8. The van der Waals surface area contributed by atoms with Gasteiger partial charge in [0.2, 0.25) is 0 Å². The molecule has 2 nitrogen and oxygen atoms in total. The summed E-state index contributed by atoms with van der Waals surface area (Å²) in [6.07, 6.45) is 11.8. The Morgan fingerprint density at radius 1 is 1.13 bits per heavy atom.